The van der Waals surface area contributed by atoms with Crippen molar-refractivity contribution in [2.75, 3.05) is 0 Å². The maximum Gasteiger partial charge on any atom is 0.136 e. The van der Waals surface area contributed by atoms with Gasteiger partial charge in [-0.2, -0.15) is 0 Å². The lowest BCUT2D eigenvalue weighted by molar-refractivity contribution is -0.148. The molecular formula is C30H50O. The highest BCUT2D eigenvalue weighted by Crippen LogP contribution is 2.68. The minimum atomic E-state index is 0.253. The van der Waals surface area contributed by atoms with Gasteiger partial charge in [0.15, 0.2) is 0 Å². The first-order valence-electron chi connectivity index (χ1n) is 13.8. The largest absolute Gasteiger partial charge is 0.299 e. The minimum absolute atomic E-state index is 0.253. The van der Waals surface area contributed by atoms with Gasteiger partial charge >= 0.3 is 0 Å². The van der Waals surface area contributed by atoms with E-state index in [1.165, 1.54) is 57.8 Å². The third-order valence-corrected chi connectivity index (χ3v) is 11.3. The Bertz CT molecular complexity index is 663. The zero-order valence-corrected chi connectivity index (χ0v) is 21.3. The average Bonchev–Trinajstić information content (AvgIpc) is 3.06. The summed E-state index contributed by atoms with van der Waals surface area (Å²) in [5.74, 6) is 6.85. The average molecular weight is 427 g/mol. The number of Topliss-reactive ketones (excluding diaryl/α,β-unsaturated/α-hetero) is 1. The first-order chi connectivity index (χ1) is 14.7. The van der Waals surface area contributed by atoms with Crippen molar-refractivity contribution in [1.82, 2.24) is 0 Å². The van der Waals surface area contributed by atoms with Crippen LogP contribution in [0.4, 0.5) is 0 Å². The summed E-state index contributed by atoms with van der Waals surface area (Å²) >= 11 is 0. The van der Waals surface area contributed by atoms with Gasteiger partial charge in [0.1, 0.15) is 5.78 Å². The van der Waals surface area contributed by atoms with Gasteiger partial charge in [0.25, 0.3) is 0 Å². The smallest absolute Gasteiger partial charge is 0.136 e. The molecule has 4 aliphatic carbocycles. The molecule has 4 saturated carbocycles. The number of allylic oxidation sites excluding steroid dienone is 1. The summed E-state index contributed by atoms with van der Waals surface area (Å²) in [6, 6.07) is 0. The fourth-order valence-corrected chi connectivity index (χ4v) is 9.68. The van der Waals surface area contributed by atoms with E-state index in [0.29, 0.717) is 22.5 Å². The van der Waals surface area contributed by atoms with Gasteiger partial charge < -0.3 is 0 Å². The fraction of sp³-hybridized carbons (Fsp3) is 0.900. The summed E-state index contributed by atoms with van der Waals surface area (Å²) in [4.78, 5) is 12.8. The van der Waals surface area contributed by atoms with Crippen LogP contribution < -0.4 is 0 Å². The van der Waals surface area contributed by atoms with E-state index in [1.807, 2.05) is 6.08 Å². The Morgan fingerprint density at radius 2 is 1.74 bits per heavy atom. The molecule has 4 rings (SSSR count). The lowest BCUT2D eigenvalue weighted by atomic mass is 9.43. The van der Waals surface area contributed by atoms with E-state index < -0.39 is 0 Å². The highest BCUT2D eigenvalue weighted by atomic mass is 16.1. The van der Waals surface area contributed by atoms with Crippen molar-refractivity contribution in [3.8, 4) is 0 Å². The fourth-order valence-electron chi connectivity index (χ4n) is 9.68. The first-order valence-corrected chi connectivity index (χ1v) is 13.8. The SMILES string of the molecule is C=CC[C@@H]1C[C@@]2(C)[C@@H](CC[C@@H]3[C@@H]2CC[C@]2(C)[C@@H]([C@H](C)CCCC(C)C)CC[C@@H]32)CC1=O. The number of ketones is 1. The van der Waals surface area contributed by atoms with Crippen LogP contribution in [0.2, 0.25) is 0 Å². The normalized spacial score (nSPS) is 45.7. The van der Waals surface area contributed by atoms with Crippen LogP contribution in [-0.2, 0) is 4.79 Å². The van der Waals surface area contributed by atoms with Gasteiger partial charge in [0.2, 0.25) is 0 Å². The summed E-state index contributed by atoms with van der Waals surface area (Å²) in [6.07, 6.45) is 17.7. The monoisotopic (exact) mass is 426 g/mol. The molecule has 0 aromatic rings. The molecule has 0 unspecified atom stereocenters. The zero-order valence-electron chi connectivity index (χ0n) is 21.3. The molecular weight excluding hydrogens is 376 g/mol. The molecule has 0 aliphatic heterocycles. The minimum Gasteiger partial charge on any atom is -0.299 e. The molecule has 31 heavy (non-hydrogen) atoms. The zero-order chi connectivity index (χ0) is 22.4. The molecule has 176 valence electrons. The van der Waals surface area contributed by atoms with Gasteiger partial charge in [0, 0.05) is 12.3 Å². The number of hydrogen-bond donors (Lipinski definition) is 0. The maximum absolute atomic E-state index is 12.8. The third kappa shape index (κ3) is 4.10. The van der Waals surface area contributed by atoms with Crippen molar-refractivity contribution in [3.63, 3.8) is 0 Å². The Labute approximate surface area is 193 Å². The van der Waals surface area contributed by atoms with Gasteiger partial charge in [-0.15, -0.1) is 6.58 Å². The van der Waals surface area contributed by atoms with Crippen molar-refractivity contribution >= 4 is 5.78 Å². The van der Waals surface area contributed by atoms with Gasteiger partial charge in [-0.05, 0) is 104 Å². The second-order valence-electron chi connectivity index (χ2n) is 13.3. The van der Waals surface area contributed by atoms with Crippen LogP contribution in [0.15, 0.2) is 12.7 Å². The quantitative estimate of drug-likeness (QED) is 0.373. The molecule has 0 aromatic heterocycles. The predicted molar refractivity (Wildman–Crippen MR) is 132 cm³/mol. The molecule has 0 spiro atoms. The van der Waals surface area contributed by atoms with Crippen molar-refractivity contribution in [2.24, 2.45) is 58.2 Å². The molecule has 4 fully saturated rings. The molecule has 0 heterocycles. The number of fused-ring (bicyclic) bond motifs is 5. The van der Waals surface area contributed by atoms with E-state index in [2.05, 4.69) is 41.2 Å². The molecule has 0 bridgehead atoms. The van der Waals surface area contributed by atoms with E-state index in [9.17, 15) is 4.79 Å². The van der Waals surface area contributed by atoms with E-state index in [-0.39, 0.29) is 5.92 Å². The van der Waals surface area contributed by atoms with Crippen LogP contribution in [0.5, 0.6) is 0 Å². The lowest BCUT2D eigenvalue weighted by Gasteiger charge is -2.61. The Balaban J connectivity index is 1.49. The molecule has 1 heteroatoms. The molecule has 9 atom stereocenters. The van der Waals surface area contributed by atoms with Crippen LogP contribution in [-0.4, -0.2) is 5.78 Å². The van der Waals surface area contributed by atoms with Crippen molar-refractivity contribution in [2.45, 2.75) is 112 Å². The summed E-state index contributed by atoms with van der Waals surface area (Å²) in [6.45, 7) is 16.6. The predicted octanol–water partition coefficient (Wildman–Crippen LogP) is 8.48. The molecule has 0 amide bonds. The Morgan fingerprint density at radius 3 is 2.45 bits per heavy atom. The van der Waals surface area contributed by atoms with Gasteiger partial charge in [-0.25, -0.2) is 0 Å². The van der Waals surface area contributed by atoms with Crippen LogP contribution >= 0.6 is 0 Å². The highest BCUT2D eigenvalue weighted by Gasteiger charge is 2.61. The van der Waals surface area contributed by atoms with Crippen LogP contribution in [0.25, 0.3) is 0 Å². The summed E-state index contributed by atoms with van der Waals surface area (Å²) in [7, 11) is 0. The van der Waals surface area contributed by atoms with E-state index in [4.69, 9.17) is 0 Å². The molecule has 4 aliphatic rings. The van der Waals surface area contributed by atoms with Gasteiger partial charge in [-0.1, -0.05) is 60.0 Å². The Kier molecular flexibility index (Phi) is 6.83. The standard InChI is InChI=1S/C30H50O/c1-7-9-22-19-30(6)23(18-28(22)31)12-13-24-26-15-14-25(21(4)11-8-10-20(2)3)29(26,5)17-16-27(24)30/h7,20-27H,1,8-19H2,2-6H3/t21-,22-,23+,24+,25-,26+,27+,29-,30+/m1/s1. The molecule has 0 radical (unpaired) electrons. The van der Waals surface area contributed by atoms with E-state index in [1.54, 1.807) is 0 Å². The summed E-state index contributed by atoms with van der Waals surface area (Å²) in [5.41, 5.74) is 0.972. The van der Waals surface area contributed by atoms with Gasteiger partial charge in [-0.3, -0.25) is 4.79 Å². The summed E-state index contributed by atoms with van der Waals surface area (Å²) < 4.78 is 0. The molecule has 1 nitrogen and oxygen atoms in total. The summed E-state index contributed by atoms with van der Waals surface area (Å²) in [5, 5.41) is 0. The number of rotatable bonds is 7. The number of carbonyl (C=O) groups is 1. The van der Waals surface area contributed by atoms with Crippen LogP contribution in [0.3, 0.4) is 0 Å². The molecule has 0 N–H and O–H groups in total. The topological polar surface area (TPSA) is 17.1 Å². The van der Waals surface area contributed by atoms with Gasteiger partial charge in [0.05, 0.1) is 0 Å². The van der Waals surface area contributed by atoms with Crippen molar-refractivity contribution < 1.29 is 4.79 Å². The van der Waals surface area contributed by atoms with Crippen LogP contribution in [0, 0.1) is 58.2 Å². The molecule has 0 aromatic carbocycles. The van der Waals surface area contributed by atoms with E-state index in [0.717, 1.165) is 54.8 Å². The number of carbonyl (C=O) groups excluding carboxylic acids is 1. The highest BCUT2D eigenvalue weighted by molar-refractivity contribution is 5.82. The van der Waals surface area contributed by atoms with E-state index >= 15 is 0 Å². The Morgan fingerprint density at radius 1 is 1.00 bits per heavy atom. The lowest BCUT2D eigenvalue weighted by Crippen LogP contribution is -2.55. The third-order valence-electron chi connectivity index (χ3n) is 11.3. The number of hydrogen-bond acceptors (Lipinski definition) is 1. The molecule has 0 saturated heterocycles. The maximum atomic E-state index is 12.8. The first kappa shape index (κ1) is 23.6. The van der Waals surface area contributed by atoms with Crippen molar-refractivity contribution in [1.29, 1.82) is 0 Å². The Hall–Kier alpha value is -0.590. The van der Waals surface area contributed by atoms with Crippen LogP contribution in [0.1, 0.15) is 112 Å². The second kappa shape index (κ2) is 8.98. The second-order valence-corrected chi connectivity index (χ2v) is 13.3. The van der Waals surface area contributed by atoms with Crippen molar-refractivity contribution in [3.05, 3.63) is 12.7 Å².